The van der Waals surface area contributed by atoms with E-state index >= 15 is 0 Å². The van der Waals surface area contributed by atoms with E-state index in [9.17, 15) is 14.7 Å². The van der Waals surface area contributed by atoms with Gasteiger partial charge in [-0.25, -0.2) is 0 Å². The number of carbonyl (C=O) groups excluding carboxylic acids is 1. The second kappa shape index (κ2) is 6.46. The molecular formula is C14H15Cl2NO3. The highest BCUT2D eigenvalue weighted by molar-refractivity contribution is 6.44. The van der Waals surface area contributed by atoms with Crippen LogP contribution in [0.4, 0.5) is 5.69 Å². The molecule has 0 aromatic heterocycles. The molecule has 0 saturated heterocycles. The number of nitrogens with one attached hydrogen (secondary N) is 1. The van der Waals surface area contributed by atoms with Crippen molar-refractivity contribution in [3.05, 3.63) is 28.2 Å². The van der Waals surface area contributed by atoms with E-state index < -0.39 is 17.8 Å². The van der Waals surface area contributed by atoms with Gasteiger partial charge in [-0.3, -0.25) is 9.59 Å². The Hall–Kier alpha value is -1.26. The molecule has 2 rings (SSSR count). The number of benzene rings is 1. The Balaban J connectivity index is 2.14. The van der Waals surface area contributed by atoms with Crippen molar-refractivity contribution >= 4 is 40.8 Å². The van der Waals surface area contributed by atoms with Gasteiger partial charge in [-0.2, -0.15) is 0 Å². The lowest BCUT2D eigenvalue weighted by molar-refractivity contribution is -0.147. The van der Waals surface area contributed by atoms with Gasteiger partial charge in [0.05, 0.1) is 27.6 Å². The van der Waals surface area contributed by atoms with Gasteiger partial charge in [0.15, 0.2) is 0 Å². The smallest absolute Gasteiger partial charge is 0.307 e. The third kappa shape index (κ3) is 3.25. The number of amides is 1. The highest BCUT2D eigenvalue weighted by Gasteiger charge is 2.35. The Morgan fingerprint density at radius 2 is 1.80 bits per heavy atom. The van der Waals surface area contributed by atoms with E-state index in [0.29, 0.717) is 23.6 Å². The van der Waals surface area contributed by atoms with E-state index in [1.807, 2.05) is 0 Å². The van der Waals surface area contributed by atoms with Crippen molar-refractivity contribution in [1.82, 2.24) is 0 Å². The number of hydrogen-bond donors (Lipinski definition) is 2. The zero-order valence-corrected chi connectivity index (χ0v) is 12.2. The average molecular weight is 316 g/mol. The standard InChI is InChI=1S/C14H15Cl2NO3/c15-10-6-3-7-11(12(10)16)17-13(18)8-4-1-2-5-9(8)14(19)20/h3,6-9H,1-2,4-5H2,(H,17,18)(H,19,20)/t8-,9+/m0/s1. The minimum atomic E-state index is -0.915. The van der Waals surface area contributed by atoms with E-state index in [1.54, 1.807) is 18.2 Å². The van der Waals surface area contributed by atoms with E-state index in [2.05, 4.69) is 5.32 Å². The molecule has 0 aliphatic heterocycles. The topological polar surface area (TPSA) is 66.4 Å². The first-order chi connectivity index (χ1) is 9.50. The van der Waals surface area contributed by atoms with Crippen LogP contribution in [0.15, 0.2) is 18.2 Å². The van der Waals surface area contributed by atoms with Gasteiger partial charge in [0.25, 0.3) is 0 Å². The molecule has 1 fully saturated rings. The van der Waals surface area contributed by atoms with Crippen LogP contribution in [-0.2, 0) is 9.59 Å². The summed E-state index contributed by atoms with van der Waals surface area (Å²) in [6.45, 7) is 0. The molecule has 0 unspecified atom stereocenters. The molecule has 20 heavy (non-hydrogen) atoms. The summed E-state index contributed by atoms with van der Waals surface area (Å²) in [4.78, 5) is 23.5. The Morgan fingerprint density at radius 3 is 2.45 bits per heavy atom. The molecule has 2 N–H and O–H groups in total. The fraction of sp³-hybridized carbons (Fsp3) is 0.429. The van der Waals surface area contributed by atoms with Crippen molar-refractivity contribution in [2.45, 2.75) is 25.7 Å². The first kappa shape index (κ1) is 15.1. The number of carboxylic acids is 1. The fourth-order valence-corrected chi connectivity index (χ4v) is 2.91. The summed E-state index contributed by atoms with van der Waals surface area (Å²) < 4.78 is 0. The second-order valence-electron chi connectivity index (χ2n) is 4.93. The summed E-state index contributed by atoms with van der Waals surface area (Å²) in [5.74, 6) is -2.36. The fourth-order valence-electron chi connectivity index (χ4n) is 2.57. The molecular weight excluding hydrogens is 301 g/mol. The van der Waals surface area contributed by atoms with E-state index in [-0.39, 0.29) is 10.9 Å². The van der Waals surface area contributed by atoms with Crippen molar-refractivity contribution in [3.8, 4) is 0 Å². The van der Waals surface area contributed by atoms with E-state index in [0.717, 1.165) is 12.8 Å². The molecule has 1 aromatic carbocycles. The van der Waals surface area contributed by atoms with Crippen LogP contribution >= 0.6 is 23.2 Å². The number of halogens is 2. The molecule has 6 heteroatoms. The second-order valence-corrected chi connectivity index (χ2v) is 5.71. The van der Waals surface area contributed by atoms with Crippen molar-refractivity contribution in [3.63, 3.8) is 0 Å². The number of anilines is 1. The van der Waals surface area contributed by atoms with Crippen LogP contribution in [0.2, 0.25) is 10.0 Å². The normalized spacial score (nSPS) is 22.3. The molecule has 1 aliphatic carbocycles. The summed E-state index contributed by atoms with van der Waals surface area (Å²) in [5.41, 5.74) is 0.416. The highest BCUT2D eigenvalue weighted by atomic mass is 35.5. The zero-order valence-electron chi connectivity index (χ0n) is 10.7. The molecule has 0 spiro atoms. The Morgan fingerprint density at radius 1 is 1.15 bits per heavy atom. The van der Waals surface area contributed by atoms with Gasteiger partial charge >= 0.3 is 5.97 Å². The zero-order chi connectivity index (χ0) is 14.7. The van der Waals surface area contributed by atoms with Gasteiger partial charge in [0.2, 0.25) is 5.91 Å². The van der Waals surface area contributed by atoms with Crippen molar-refractivity contribution in [2.24, 2.45) is 11.8 Å². The molecule has 0 heterocycles. The third-order valence-corrected chi connectivity index (χ3v) is 4.45. The maximum Gasteiger partial charge on any atom is 0.307 e. The molecule has 2 atom stereocenters. The SMILES string of the molecule is O=C(Nc1cccc(Cl)c1Cl)[C@H]1CCCC[C@H]1C(=O)O. The monoisotopic (exact) mass is 315 g/mol. The molecule has 4 nitrogen and oxygen atoms in total. The summed E-state index contributed by atoms with van der Waals surface area (Å²) in [6, 6.07) is 4.95. The van der Waals surface area contributed by atoms with Gasteiger partial charge < -0.3 is 10.4 Å². The average Bonchev–Trinajstić information content (AvgIpc) is 2.43. The van der Waals surface area contributed by atoms with Crippen LogP contribution in [0.1, 0.15) is 25.7 Å². The van der Waals surface area contributed by atoms with Crippen LogP contribution < -0.4 is 5.32 Å². The molecule has 1 amide bonds. The quantitative estimate of drug-likeness (QED) is 0.891. The third-order valence-electron chi connectivity index (χ3n) is 3.63. The maximum absolute atomic E-state index is 12.3. The van der Waals surface area contributed by atoms with Gasteiger partial charge in [-0.15, -0.1) is 0 Å². The van der Waals surface area contributed by atoms with Crippen molar-refractivity contribution in [1.29, 1.82) is 0 Å². The number of hydrogen-bond acceptors (Lipinski definition) is 2. The van der Waals surface area contributed by atoms with Crippen molar-refractivity contribution in [2.75, 3.05) is 5.32 Å². The lowest BCUT2D eigenvalue weighted by Crippen LogP contribution is -2.36. The van der Waals surface area contributed by atoms with Crippen LogP contribution in [0.5, 0.6) is 0 Å². The van der Waals surface area contributed by atoms with E-state index in [4.69, 9.17) is 23.2 Å². The lowest BCUT2D eigenvalue weighted by atomic mass is 9.78. The highest BCUT2D eigenvalue weighted by Crippen LogP contribution is 2.33. The largest absolute Gasteiger partial charge is 0.481 e. The summed E-state index contributed by atoms with van der Waals surface area (Å²) in [6.07, 6.45) is 2.83. The van der Waals surface area contributed by atoms with E-state index in [1.165, 1.54) is 0 Å². The predicted octanol–water partition coefficient (Wildman–Crippen LogP) is 3.82. The van der Waals surface area contributed by atoms with Crippen molar-refractivity contribution < 1.29 is 14.7 Å². The lowest BCUT2D eigenvalue weighted by Gasteiger charge is -2.27. The van der Waals surface area contributed by atoms with Crippen LogP contribution in [-0.4, -0.2) is 17.0 Å². The summed E-state index contributed by atoms with van der Waals surface area (Å²) >= 11 is 11.9. The van der Waals surface area contributed by atoms with Crippen LogP contribution in [0, 0.1) is 11.8 Å². The number of aliphatic carboxylic acids is 1. The number of carboxylic acid groups (broad SMARTS) is 1. The Bertz CT molecular complexity index is 533. The molecule has 0 radical (unpaired) electrons. The minimum Gasteiger partial charge on any atom is -0.481 e. The first-order valence-electron chi connectivity index (χ1n) is 6.48. The van der Waals surface area contributed by atoms with Crippen LogP contribution in [0.3, 0.4) is 0 Å². The molecule has 1 aromatic rings. The minimum absolute atomic E-state index is 0.269. The molecule has 1 saturated carbocycles. The van der Waals surface area contributed by atoms with Crippen LogP contribution in [0.25, 0.3) is 0 Å². The molecule has 108 valence electrons. The van der Waals surface area contributed by atoms with Gasteiger partial charge in [0.1, 0.15) is 0 Å². The summed E-state index contributed by atoms with van der Waals surface area (Å²) in [5, 5.41) is 12.5. The molecule has 1 aliphatic rings. The Labute approximate surface area is 127 Å². The molecule has 0 bridgehead atoms. The van der Waals surface area contributed by atoms with Gasteiger partial charge in [-0.05, 0) is 25.0 Å². The Kier molecular flexibility index (Phi) is 4.89. The first-order valence-corrected chi connectivity index (χ1v) is 7.24. The maximum atomic E-state index is 12.3. The van der Waals surface area contributed by atoms with Gasteiger partial charge in [0, 0.05) is 0 Å². The van der Waals surface area contributed by atoms with Gasteiger partial charge in [-0.1, -0.05) is 42.1 Å². The summed E-state index contributed by atoms with van der Waals surface area (Å²) in [7, 11) is 0. The number of rotatable bonds is 3. The number of carbonyl (C=O) groups is 2. The predicted molar refractivity (Wildman–Crippen MR) is 78.2 cm³/mol.